The zero-order valence-corrected chi connectivity index (χ0v) is 18.1. The lowest BCUT2D eigenvalue weighted by atomic mass is 9.63. The van der Waals surface area contributed by atoms with E-state index in [1.165, 1.54) is 43.2 Å². The molecule has 0 radical (unpaired) electrons. The van der Waals surface area contributed by atoms with Gasteiger partial charge in [0.2, 0.25) is 0 Å². The summed E-state index contributed by atoms with van der Waals surface area (Å²) in [6, 6.07) is 22.1. The molecule has 0 aromatic heterocycles. The number of rotatable bonds is 8. The number of hydrogen-bond acceptors (Lipinski definition) is 1. The smallest absolute Gasteiger partial charge is 0.0580 e. The van der Waals surface area contributed by atoms with E-state index in [2.05, 4.69) is 74.5 Å². The fourth-order valence-electron chi connectivity index (χ4n) is 6.30. The zero-order chi connectivity index (χ0) is 20.3. The second kappa shape index (κ2) is 8.88. The van der Waals surface area contributed by atoms with Crippen LogP contribution in [0.4, 0.5) is 0 Å². The molecule has 0 bridgehead atoms. The van der Waals surface area contributed by atoms with Crippen LogP contribution in [-0.4, -0.2) is 11.2 Å². The molecule has 0 aliphatic heterocycles. The number of fused-ring (bicyclic) bond motifs is 1. The third-order valence-corrected chi connectivity index (χ3v) is 7.73. The average molecular weight is 389 g/mol. The standard InChI is InChI=1S/C28H36O/c1-3-4-5-8-17-24-20-25-26(29)18-19-28(25,21(2)22-13-9-6-10-14-22)27(24)23-15-11-7-12-16-23/h6-7,9-16,21,25-26,29H,3-5,8,17-20H2,1-2H3. The van der Waals surface area contributed by atoms with Crippen molar-refractivity contribution in [3.63, 3.8) is 0 Å². The van der Waals surface area contributed by atoms with Crippen LogP contribution in [-0.2, 0) is 0 Å². The number of allylic oxidation sites excluding steroid dienone is 2. The van der Waals surface area contributed by atoms with Crippen molar-refractivity contribution in [1.82, 2.24) is 0 Å². The molecule has 2 aromatic rings. The average Bonchev–Trinajstić information content (AvgIpc) is 3.27. The third kappa shape index (κ3) is 3.70. The van der Waals surface area contributed by atoms with Crippen LogP contribution in [0.25, 0.3) is 5.57 Å². The van der Waals surface area contributed by atoms with Gasteiger partial charge in [-0.2, -0.15) is 0 Å². The van der Waals surface area contributed by atoms with Gasteiger partial charge in [0.05, 0.1) is 6.10 Å². The number of aliphatic hydroxyl groups is 1. The van der Waals surface area contributed by atoms with Crippen LogP contribution in [0, 0.1) is 11.3 Å². The first-order chi connectivity index (χ1) is 14.2. The summed E-state index contributed by atoms with van der Waals surface area (Å²) in [5.41, 5.74) is 6.05. The van der Waals surface area contributed by atoms with Crippen LogP contribution < -0.4 is 0 Å². The Hall–Kier alpha value is -1.86. The molecule has 0 spiro atoms. The van der Waals surface area contributed by atoms with Crippen molar-refractivity contribution in [3.8, 4) is 0 Å². The maximum Gasteiger partial charge on any atom is 0.0580 e. The third-order valence-electron chi connectivity index (χ3n) is 7.73. The largest absolute Gasteiger partial charge is 0.393 e. The molecule has 4 rings (SSSR count). The summed E-state index contributed by atoms with van der Waals surface area (Å²) in [5.74, 6) is 0.767. The first-order valence-corrected chi connectivity index (χ1v) is 11.7. The van der Waals surface area contributed by atoms with Crippen LogP contribution >= 0.6 is 0 Å². The van der Waals surface area contributed by atoms with Crippen LogP contribution in [0.2, 0.25) is 0 Å². The highest BCUT2D eigenvalue weighted by atomic mass is 16.3. The molecular formula is C28H36O. The van der Waals surface area contributed by atoms with Crippen molar-refractivity contribution in [2.75, 3.05) is 0 Å². The van der Waals surface area contributed by atoms with Crippen molar-refractivity contribution in [2.45, 2.75) is 77.2 Å². The highest BCUT2D eigenvalue weighted by Gasteiger charge is 2.57. The van der Waals surface area contributed by atoms with E-state index in [1.807, 2.05) is 0 Å². The molecule has 1 saturated carbocycles. The van der Waals surface area contributed by atoms with Crippen molar-refractivity contribution in [2.24, 2.45) is 11.3 Å². The Morgan fingerprint density at radius 1 is 0.966 bits per heavy atom. The fraction of sp³-hybridized carbons (Fsp3) is 0.500. The molecule has 1 fully saturated rings. The first kappa shape index (κ1) is 20.4. The molecule has 2 aliphatic rings. The summed E-state index contributed by atoms with van der Waals surface area (Å²) in [7, 11) is 0. The fourth-order valence-corrected chi connectivity index (χ4v) is 6.30. The van der Waals surface area contributed by atoms with Gasteiger partial charge in [-0.25, -0.2) is 0 Å². The Morgan fingerprint density at radius 3 is 2.34 bits per heavy atom. The Bertz CT molecular complexity index is 822. The minimum Gasteiger partial charge on any atom is -0.393 e. The van der Waals surface area contributed by atoms with Crippen LogP contribution in [0.15, 0.2) is 66.2 Å². The highest BCUT2D eigenvalue weighted by molar-refractivity contribution is 5.78. The summed E-state index contributed by atoms with van der Waals surface area (Å²) in [6.07, 6.45) is 9.32. The summed E-state index contributed by atoms with van der Waals surface area (Å²) in [6.45, 7) is 4.69. The number of unbranched alkanes of at least 4 members (excludes halogenated alkanes) is 3. The molecule has 2 aromatic carbocycles. The molecule has 0 heterocycles. The molecule has 1 nitrogen and oxygen atoms in total. The molecule has 1 heteroatoms. The lowest BCUT2D eigenvalue weighted by molar-refractivity contribution is 0.0992. The molecule has 29 heavy (non-hydrogen) atoms. The summed E-state index contributed by atoms with van der Waals surface area (Å²) in [4.78, 5) is 0. The predicted molar refractivity (Wildman–Crippen MR) is 123 cm³/mol. The minimum absolute atomic E-state index is 0.0578. The van der Waals surface area contributed by atoms with Crippen molar-refractivity contribution in [3.05, 3.63) is 77.4 Å². The van der Waals surface area contributed by atoms with E-state index >= 15 is 0 Å². The quantitative estimate of drug-likeness (QED) is 0.468. The second-order valence-corrected chi connectivity index (χ2v) is 9.24. The van der Waals surface area contributed by atoms with E-state index in [9.17, 15) is 5.11 Å². The first-order valence-electron chi connectivity index (χ1n) is 11.7. The van der Waals surface area contributed by atoms with Gasteiger partial charge in [-0.05, 0) is 60.6 Å². The van der Waals surface area contributed by atoms with Crippen molar-refractivity contribution >= 4 is 5.57 Å². The summed E-state index contributed by atoms with van der Waals surface area (Å²) in [5, 5.41) is 11.0. The van der Waals surface area contributed by atoms with E-state index in [0.717, 1.165) is 19.3 Å². The van der Waals surface area contributed by atoms with E-state index in [4.69, 9.17) is 0 Å². The topological polar surface area (TPSA) is 20.2 Å². The van der Waals surface area contributed by atoms with E-state index < -0.39 is 0 Å². The van der Waals surface area contributed by atoms with E-state index in [-0.39, 0.29) is 11.5 Å². The van der Waals surface area contributed by atoms with Gasteiger partial charge in [0, 0.05) is 5.41 Å². The minimum atomic E-state index is -0.173. The monoisotopic (exact) mass is 388 g/mol. The predicted octanol–water partition coefficient (Wildman–Crippen LogP) is 7.38. The van der Waals surface area contributed by atoms with Crippen LogP contribution in [0.5, 0.6) is 0 Å². The Morgan fingerprint density at radius 2 is 1.66 bits per heavy atom. The maximum absolute atomic E-state index is 11.0. The molecular weight excluding hydrogens is 352 g/mol. The molecule has 4 atom stereocenters. The Balaban J connectivity index is 1.79. The van der Waals surface area contributed by atoms with E-state index in [1.54, 1.807) is 11.1 Å². The SMILES string of the molecule is CCCCCCC1=C(c2ccccc2)C2(C(C)c3ccccc3)CCC(O)C2C1. The summed E-state index contributed by atoms with van der Waals surface area (Å²) < 4.78 is 0. The number of aliphatic hydroxyl groups excluding tert-OH is 1. The molecule has 0 amide bonds. The highest BCUT2D eigenvalue weighted by Crippen LogP contribution is 2.66. The van der Waals surface area contributed by atoms with Gasteiger partial charge >= 0.3 is 0 Å². The molecule has 0 saturated heterocycles. The lowest BCUT2D eigenvalue weighted by Crippen LogP contribution is -2.33. The molecule has 1 N–H and O–H groups in total. The maximum atomic E-state index is 11.0. The van der Waals surface area contributed by atoms with Crippen LogP contribution in [0.3, 0.4) is 0 Å². The van der Waals surface area contributed by atoms with Crippen molar-refractivity contribution in [1.29, 1.82) is 0 Å². The van der Waals surface area contributed by atoms with Crippen LogP contribution in [0.1, 0.15) is 82.3 Å². The van der Waals surface area contributed by atoms with Crippen molar-refractivity contribution < 1.29 is 5.11 Å². The van der Waals surface area contributed by atoms with Gasteiger partial charge in [0.1, 0.15) is 0 Å². The Kier molecular flexibility index (Phi) is 6.25. The van der Waals surface area contributed by atoms with Gasteiger partial charge < -0.3 is 5.11 Å². The zero-order valence-electron chi connectivity index (χ0n) is 18.1. The lowest BCUT2D eigenvalue weighted by Gasteiger charge is -2.40. The molecule has 154 valence electrons. The summed E-state index contributed by atoms with van der Waals surface area (Å²) >= 11 is 0. The Labute approximate surface area is 176 Å². The second-order valence-electron chi connectivity index (χ2n) is 9.24. The number of hydrogen-bond donors (Lipinski definition) is 1. The molecule has 2 aliphatic carbocycles. The molecule has 4 unspecified atom stereocenters. The van der Waals surface area contributed by atoms with E-state index in [0.29, 0.717) is 11.8 Å². The van der Waals surface area contributed by atoms with Gasteiger partial charge in [-0.15, -0.1) is 0 Å². The van der Waals surface area contributed by atoms with Gasteiger partial charge in [-0.3, -0.25) is 0 Å². The van der Waals surface area contributed by atoms with Gasteiger partial charge in [-0.1, -0.05) is 99.3 Å². The van der Waals surface area contributed by atoms with Gasteiger partial charge in [0.15, 0.2) is 0 Å². The normalized spacial score (nSPS) is 27.3. The van der Waals surface area contributed by atoms with Gasteiger partial charge in [0.25, 0.3) is 0 Å². The number of benzene rings is 2.